The first-order valence-electron chi connectivity index (χ1n) is 3.76. The first-order valence-corrected chi connectivity index (χ1v) is 3.76. The van der Waals surface area contributed by atoms with Crippen LogP contribution in [0.4, 0.5) is 0 Å². The first-order chi connectivity index (χ1) is 5.11. The minimum Gasteiger partial charge on any atom is -0.300 e. The quantitative estimate of drug-likeness (QED) is 0.560. The van der Waals surface area contributed by atoms with Crippen LogP contribution in [0.25, 0.3) is 0 Å². The van der Waals surface area contributed by atoms with Gasteiger partial charge in [0.15, 0.2) is 0 Å². The zero-order valence-corrected chi connectivity index (χ0v) is 7.42. The van der Waals surface area contributed by atoms with E-state index in [2.05, 4.69) is 5.92 Å². The standard InChI is InChI=1S/C9H15NO/c1-5-8(10(3)4)7-9(11)6-2/h1,8H,6-7H2,2-4H3. The number of rotatable bonds is 4. The van der Waals surface area contributed by atoms with E-state index in [-0.39, 0.29) is 11.8 Å². The molecule has 0 fully saturated rings. The lowest BCUT2D eigenvalue weighted by Gasteiger charge is -2.17. The van der Waals surface area contributed by atoms with E-state index >= 15 is 0 Å². The van der Waals surface area contributed by atoms with E-state index < -0.39 is 0 Å². The number of carbonyl (C=O) groups is 1. The molecule has 0 spiro atoms. The fraction of sp³-hybridized carbons (Fsp3) is 0.667. The Kier molecular flexibility index (Phi) is 4.56. The summed E-state index contributed by atoms with van der Waals surface area (Å²) in [5, 5.41) is 0. The van der Waals surface area contributed by atoms with Gasteiger partial charge >= 0.3 is 0 Å². The van der Waals surface area contributed by atoms with E-state index in [0.29, 0.717) is 12.8 Å². The molecule has 0 aromatic heterocycles. The molecule has 1 atom stereocenters. The largest absolute Gasteiger partial charge is 0.300 e. The van der Waals surface area contributed by atoms with Crippen molar-refractivity contribution in [3.63, 3.8) is 0 Å². The van der Waals surface area contributed by atoms with Crippen molar-refractivity contribution in [2.24, 2.45) is 0 Å². The first kappa shape index (κ1) is 10.2. The van der Waals surface area contributed by atoms with Crippen LogP contribution in [0, 0.1) is 12.3 Å². The lowest BCUT2D eigenvalue weighted by atomic mass is 10.1. The third-order valence-corrected chi connectivity index (χ3v) is 1.63. The molecular weight excluding hydrogens is 138 g/mol. The zero-order chi connectivity index (χ0) is 8.85. The molecule has 0 saturated carbocycles. The average Bonchev–Trinajstić information content (AvgIpc) is 1.99. The Morgan fingerprint density at radius 2 is 2.18 bits per heavy atom. The van der Waals surface area contributed by atoms with Crippen molar-refractivity contribution in [1.82, 2.24) is 4.90 Å². The number of carbonyl (C=O) groups excluding carboxylic acids is 1. The summed E-state index contributed by atoms with van der Waals surface area (Å²) in [4.78, 5) is 12.8. The number of nitrogens with zero attached hydrogens (tertiary/aromatic N) is 1. The summed E-state index contributed by atoms with van der Waals surface area (Å²) < 4.78 is 0. The van der Waals surface area contributed by atoms with Gasteiger partial charge < -0.3 is 0 Å². The van der Waals surface area contributed by atoms with Crippen LogP contribution >= 0.6 is 0 Å². The molecule has 0 heterocycles. The van der Waals surface area contributed by atoms with E-state index in [1.165, 1.54) is 0 Å². The third kappa shape index (κ3) is 3.79. The van der Waals surface area contributed by atoms with Crippen LogP contribution in [0.5, 0.6) is 0 Å². The van der Waals surface area contributed by atoms with Gasteiger partial charge in [-0.2, -0.15) is 0 Å². The summed E-state index contributed by atoms with van der Waals surface area (Å²) in [7, 11) is 3.76. The van der Waals surface area contributed by atoms with Crippen LogP contribution in [0.15, 0.2) is 0 Å². The molecule has 0 aromatic rings. The maximum absolute atomic E-state index is 11.0. The molecule has 1 unspecified atom stereocenters. The van der Waals surface area contributed by atoms with E-state index in [0.717, 1.165) is 0 Å². The summed E-state index contributed by atoms with van der Waals surface area (Å²) in [6.07, 6.45) is 6.28. The Balaban J connectivity index is 3.91. The van der Waals surface area contributed by atoms with Crippen molar-refractivity contribution in [3.05, 3.63) is 0 Å². The number of ketones is 1. The second-order valence-electron chi connectivity index (χ2n) is 2.74. The van der Waals surface area contributed by atoms with Crippen molar-refractivity contribution in [2.75, 3.05) is 14.1 Å². The topological polar surface area (TPSA) is 20.3 Å². The lowest BCUT2D eigenvalue weighted by Crippen LogP contribution is -2.28. The number of hydrogen-bond donors (Lipinski definition) is 0. The summed E-state index contributed by atoms with van der Waals surface area (Å²) in [5.41, 5.74) is 0. The van der Waals surface area contributed by atoms with Crippen molar-refractivity contribution in [2.45, 2.75) is 25.8 Å². The maximum Gasteiger partial charge on any atom is 0.135 e. The van der Waals surface area contributed by atoms with Crippen LogP contribution in [0.3, 0.4) is 0 Å². The average molecular weight is 153 g/mol. The number of hydrogen-bond acceptors (Lipinski definition) is 2. The second-order valence-corrected chi connectivity index (χ2v) is 2.74. The minimum atomic E-state index is -0.0394. The van der Waals surface area contributed by atoms with Gasteiger partial charge in [-0.15, -0.1) is 6.42 Å². The molecule has 0 saturated heterocycles. The van der Waals surface area contributed by atoms with Crippen LogP contribution in [0.2, 0.25) is 0 Å². The maximum atomic E-state index is 11.0. The molecule has 0 aliphatic carbocycles. The Morgan fingerprint density at radius 3 is 2.45 bits per heavy atom. The highest BCUT2D eigenvalue weighted by Gasteiger charge is 2.10. The van der Waals surface area contributed by atoms with Crippen LogP contribution in [-0.2, 0) is 4.79 Å². The molecule has 2 nitrogen and oxygen atoms in total. The van der Waals surface area contributed by atoms with Crippen LogP contribution in [-0.4, -0.2) is 30.8 Å². The van der Waals surface area contributed by atoms with Gasteiger partial charge in [0.25, 0.3) is 0 Å². The number of Topliss-reactive ketones (excluding diaryl/α,β-unsaturated/α-hetero) is 1. The van der Waals surface area contributed by atoms with Crippen molar-refractivity contribution in [3.8, 4) is 12.3 Å². The summed E-state index contributed by atoms with van der Waals surface area (Å²) in [5.74, 6) is 2.80. The van der Waals surface area contributed by atoms with E-state index in [1.807, 2.05) is 25.9 Å². The highest BCUT2D eigenvalue weighted by atomic mass is 16.1. The van der Waals surface area contributed by atoms with Gasteiger partial charge in [0.05, 0.1) is 6.04 Å². The van der Waals surface area contributed by atoms with E-state index in [9.17, 15) is 4.79 Å². The molecule has 0 radical (unpaired) electrons. The van der Waals surface area contributed by atoms with Gasteiger partial charge in [-0.05, 0) is 14.1 Å². The third-order valence-electron chi connectivity index (χ3n) is 1.63. The van der Waals surface area contributed by atoms with Gasteiger partial charge in [0.2, 0.25) is 0 Å². The SMILES string of the molecule is C#CC(CC(=O)CC)N(C)C. The van der Waals surface area contributed by atoms with Crippen molar-refractivity contribution in [1.29, 1.82) is 0 Å². The monoisotopic (exact) mass is 153 g/mol. The van der Waals surface area contributed by atoms with Crippen molar-refractivity contribution >= 4 is 5.78 Å². The summed E-state index contributed by atoms with van der Waals surface area (Å²) in [6, 6.07) is -0.0394. The van der Waals surface area contributed by atoms with Gasteiger partial charge in [-0.3, -0.25) is 9.69 Å². The lowest BCUT2D eigenvalue weighted by molar-refractivity contribution is -0.119. The molecule has 11 heavy (non-hydrogen) atoms. The molecule has 0 amide bonds. The van der Waals surface area contributed by atoms with Crippen LogP contribution in [0.1, 0.15) is 19.8 Å². The molecule has 0 N–H and O–H groups in total. The Labute approximate surface area is 68.6 Å². The Bertz CT molecular complexity index is 167. The van der Waals surface area contributed by atoms with Crippen LogP contribution < -0.4 is 0 Å². The predicted octanol–water partition coefficient (Wildman–Crippen LogP) is 0.919. The van der Waals surface area contributed by atoms with E-state index in [1.54, 1.807) is 0 Å². The Morgan fingerprint density at radius 1 is 1.64 bits per heavy atom. The smallest absolute Gasteiger partial charge is 0.135 e. The summed E-state index contributed by atoms with van der Waals surface area (Å²) in [6.45, 7) is 1.85. The predicted molar refractivity (Wildman–Crippen MR) is 46.2 cm³/mol. The Hall–Kier alpha value is -0.810. The normalized spacial score (nSPS) is 12.6. The summed E-state index contributed by atoms with van der Waals surface area (Å²) >= 11 is 0. The fourth-order valence-corrected chi connectivity index (χ4v) is 0.751. The highest BCUT2D eigenvalue weighted by molar-refractivity contribution is 5.79. The molecule has 0 rings (SSSR count). The zero-order valence-electron chi connectivity index (χ0n) is 7.42. The fourth-order valence-electron chi connectivity index (χ4n) is 0.751. The van der Waals surface area contributed by atoms with Gasteiger partial charge in [0, 0.05) is 12.8 Å². The number of terminal acetylenes is 1. The van der Waals surface area contributed by atoms with Gasteiger partial charge in [-0.25, -0.2) is 0 Å². The van der Waals surface area contributed by atoms with E-state index in [4.69, 9.17) is 6.42 Å². The molecule has 0 aliphatic heterocycles. The molecule has 2 heteroatoms. The highest BCUT2D eigenvalue weighted by Crippen LogP contribution is 2.00. The van der Waals surface area contributed by atoms with Gasteiger partial charge in [-0.1, -0.05) is 12.8 Å². The molecule has 0 aliphatic rings. The van der Waals surface area contributed by atoms with Gasteiger partial charge in [0.1, 0.15) is 5.78 Å². The molecule has 62 valence electrons. The molecular formula is C9H15NO. The van der Waals surface area contributed by atoms with Crippen molar-refractivity contribution < 1.29 is 4.79 Å². The molecule has 0 aromatic carbocycles. The minimum absolute atomic E-state index is 0.0394. The second kappa shape index (κ2) is 4.92. The molecule has 0 bridgehead atoms.